The average molecular weight is 338 g/mol. The Bertz CT molecular complexity index is 667. The molecule has 5 nitrogen and oxygen atoms in total. The molecule has 0 saturated heterocycles. The normalized spacial score (nSPS) is 36.1. The van der Waals surface area contributed by atoms with Crippen LogP contribution in [0.1, 0.15) is 50.0 Å². The lowest BCUT2D eigenvalue weighted by Crippen LogP contribution is -2.51. The lowest BCUT2D eigenvalue weighted by Gasteiger charge is -2.57. The van der Waals surface area contributed by atoms with E-state index in [0.717, 1.165) is 17.8 Å². The Kier molecular flexibility index (Phi) is 3.44. The summed E-state index contributed by atoms with van der Waals surface area (Å²) < 4.78 is 32.6. The number of sulfonamides is 1. The summed E-state index contributed by atoms with van der Waals surface area (Å²) in [6.45, 7) is 4.01. The molecule has 4 bridgehead atoms. The van der Waals surface area contributed by atoms with Gasteiger partial charge < -0.3 is 4.52 Å². The molecule has 0 N–H and O–H groups in total. The maximum atomic E-state index is 13.0. The van der Waals surface area contributed by atoms with E-state index in [9.17, 15) is 8.42 Å². The van der Waals surface area contributed by atoms with Crippen molar-refractivity contribution in [2.75, 3.05) is 13.6 Å². The summed E-state index contributed by atoms with van der Waals surface area (Å²) in [5.74, 6) is 2.88. The summed E-state index contributed by atoms with van der Waals surface area (Å²) in [6, 6.07) is 0. The Morgan fingerprint density at radius 3 is 2.09 bits per heavy atom. The number of rotatable bonds is 4. The van der Waals surface area contributed by atoms with Gasteiger partial charge in [0.15, 0.2) is 5.76 Å². The molecule has 23 heavy (non-hydrogen) atoms. The van der Waals surface area contributed by atoms with E-state index in [0.29, 0.717) is 18.0 Å². The molecule has 1 heterocycles. The van der Waals surface area contributed by atoms with Crippen LogP contribution in [-0.4, -0.2) is 31.5 Å². The van der Waals surface area contributed by atoms with Gasteiger partial charge in [0.1, 0.15) is 10.6 Å². The van der Waals surface area contributed by atoms with Gasteiger partial charge in [-0.25, -0.2) is 12.7 Å². The highest BCUT2D eigenvalue weighted by Gasteiger charge is 2.52. The SMILES string of the molecule is Cc1noc(C)c1S(=O)(=O)N(C)CC12CC3CC(CC(C3)C1)C2. The minimum absolute atomic E-state index is 0.204. The van der Waals surface area contributed by atoms with Crippen molar-refractivity contribution >= 4 is 10.0 Å². The van der Waals surface area contributed by atoms with E-state index in [2.05, 4.69) is 5.16 Å². The molecule has 1 aromatic heterocycles. The molecule has 4 saturated carbocycles. The summed E-state index contributed by atoms with van der Waals surface area (Å²) in [7, 11) is -1.80. The quantitative estimate of drug-likeness (QED) is 0.846. The van der Waals surface area contributed by atoms with Crippen molar-refractivity contribution in [2.45, 2.75) is 57.3 Å². The molecule has 4 fully saturated rings. The largest absolute Gasteiger partial charge is 0.360 e. The number of hydrogen-bond donors (Lipinski definition) is 0. The molecule has 6 heteroatoms. The first-order chi connectivity index (χ1) is 10.8. The molecule has 1 aromatic rings. The van der Waals surface area contributed by atoms with E-state index < -0.39 is 10.0 Å². The molecule has 0 radical (unpaired) electrons. The number of nitrogens with zero attached hydrogens (tertiary/aromatic N) is 2. The minimum Gasteiger partial charge on any atom is -0.360 e. The van der Waals surface area contributed by atoms with E-state index in [1.54, 1.807) is 25.2 Å². The van der Waals surface area contributed by atoms with Crippen molar-refractivity contribution in [1.29, 1.82) is 0 Å². The van der Waals surface area contributed by atoms with Gasteiger partial charge in [-0.05, 0) is 75.5 Å². The van der Waals surface area contributed by atoms with E-state index in [4.69, 9.17) is 4.52 Å². The fraction of sp³-hybridized carbons (Fsp3) is 0.824. The van der Waals surface area contributed by atoms with Gasteiger partial charge in [0.25, 0.3) is 0 Å². The Hall–Kier alpha value is -0.880. The van der Waals surface area contributed by atoms with Gasteiger partial charge in [0.05, 0.1) is 0 Å². The van der Waals surface area contributed by atoms with E-state index >= 15 is 0 Å². The van der Waals surface area contributed by atoms with Crippen LogP contribution in [0.15, 0.2) is 9.42 Å². The molecular weight excluding hydrogens is 312 g/mol. The van der Waals surface area contributed by atoms with Gasteiger partial charge in [-0.2, -0.15) is 0 Å². The summed E-state index contributed by atoms with van der Waals surface area (Å²) >= 11 is 0. The van der Waals surface area contributed by atoms with Gasteiger partial charge >= 0.3 is 0 Å². The second kappa shape index (κ2) is 5.06. The number of hydrogen-bond acceptors (Lipinski definition) is 4. The zero-order valence-electron chi connectivity index (χ0n) is 14.2. The highest BCUT2D eigenvalue weighted by atomic mass is 32.2. The van der Waals surface area contributed by atoms with Crippen LogP contribution in [-0.2, 0) is 10.0 Å². The Balaban J connectivity index is 1.59. The molecule has 0 aromatic carbocycles. The summed E-state index contributed by atoms with van der Waals surface area (Å²) in [5, 5.41) is 3.81. The number of aromatic nitrogens is 1. The summed E-state index contributed by atoms with van der Waals surface area (Å²) in [5.41, 5.74) is 0.662. The summed E-state index contributed by atoms with van der Waals surface area (Å²) in [4.78, 5) is 0.254. The Labute approximate surface area is 138 Å². The first kappa shape index (κ1) is 15.6. The van der Waals surface area contributed by atoms with Gasteiger partial charge in [-0.15, -0.1) is 0 Å². The summed E-state index contributed by atoms with van der Waals surface area (Å²) in [6.07, 6.45) is 7.75. The van der Waals surface area contributed by atoms with Crippen molar-refractivity contribution in [2.24, 2.45) is 23.2 Å². The average Bonchev–Trinajstić information content (AvgIpc) is 2.76. The van der Waals surface area contributed by atoms with E-state index in [-0.39, 0.29) is 10.3 Å². The van der Waals surface area contributed by atoms with E-state index in [1.807, 2.05) is 0 Å². The van der Waals surface area contributed by atoms with E-state index in [1.165, 1.54) is 38.5 Å². The predicted octanol–water partition coefficient (Wildman–Crippen LogP) is 3.13. The van der Waals surface area contributed by atoms with Crippen molar-refractivity contribution in [3.8, 4) is 0 Å². The third kappa shape index (κ3) is 2.45. The van der Waals surface area contributed by atoms with Crippen molar-refractivity contribution < 1.29 is 12.9 Å². The topological polar surface area (TPSA) is 63.4 Å². The van der Waals surface area contributed by atoms with Gasteiger partial charge in [-0.1, -0.05) is 5.16 Å². The fourth-order valence-corrected chi connectivity index (χ4v) is 7.61. The van der Waals surface area contributed by atoms with Crippen LogP contribution in [0.5, 0.6) is 0 Å². The molecule has 4 aliphatic carbocycles. The lowest BCUT2D eigenvalue weighted by molar-refractivity contribution is -0.0583. The zero-order chi connectivity index (χ0) is 16.4. The van der Waals surface area contributed by atoms with Crippen LogP contribution in [0.25, 0.3) is 0 Å². The highest BCUT2D eigenvalue weighted by Crippen LogP contribution is 2.60. The Morgan fingerprint density at radius 1 is 1.13 bits per heavy atom. The molecule has 0 spiro atoms. The van der Waals surface area contributed by atoms with Crippen molar-refractivity contribution in [3.63, 3.8) is 0 Å². The second-order valence-corrected chi connectivity index (χ2v) is 10.3. The van der Waals surface area contributed by atoms with Crippen LogP contribution in [0.2, 0.25) is 0 Å². The van der Waals surface area contributed by atoms with Crippen LogP contribution < -0.4 is 0 Å². The van der Waals surface area contributed by atoms with Crippen LogP contribution in [0, 0.1) is 37.0 Å². The molecule has 0 unspecified atom stereocenters. The van der Waals surface area contributed by atoms with Crippen LogP contribution in [0.3, 0.4) is 0 Å². The second-order valence-electron chi connectivity index (χ2n) is 8.33. The van der Waals surface area contributed by atoms with Crippen molar-refractivity contribution in [3.05, 3.63) is 11.5 Å². The lowest BCUT2D eigenvalue weighted by atomic mass is 9.49. The number of aryl methyl sites for hydroxylation is 2. The standard InChI is InChI=1S/C17H26N2O3S/c1-11-16(12(2)22-18-11)23(20,21)19(3)10-17-7-13-4-14(8-17)6-15(5-13)9-17/h13-15H,4-10H2,1-3H3. The maximum Gasteiger partial charge on any atom is 0.248 e. The molecule has 5 rings (SSSR count). The third-order valence-corrected chi connectivity index (χ3v) is 8.41. The minimum atomic E-state index is -3.52. The first-order valence-electron chi connectivity index (χ1n) is 8.68. The first-order valence-corrected chi connectivity index (χ1v) is 10.1. The van der Waals surface area contributed by atoms with Gasteiger partial charge in [-0.3, -0.25) is 0 Å². The molecule has 0 aliphatic heterocycles. The highest BCUT2D eigenvalue weighted by molar-refractivity contribution is 7.89. The third-order valence-electron chi connectivity index (χ3n) is 6.36. The Morgan fingerprint density at radius 2 is 1.65 bits per heavy atom. The molecule has 0 amide bonds. The van der Waals surface area contributed by atoms with Crippen LogP contribution in [0.4, 0.5) is 0 Å². The van der Waals surface area contributed by atoms with Crippen molar-refractivity contribution in [1.82, 2.24) is 9.46 Å². The monoisotopic (exact) mass is 338 g/mol. The zero-order valence-corrected chi connectivity index (χ0v) is 15.0. The fourth-order valence-electron chi connectivity index (χ4n) is 6.04. The molecule has 0 atom stereocenters. The molecule has 4 aliphatic rings. The van der Waals surface area contributed by atoms with Gasteiger partial charge in [0.2, 0.25) is 10.0 Å². The molecular formula is C17H26N2O3S. The smallest absolute Gasteiger partial charge is 0.248 e. The molecule has 128 valence electrons. The van der Waals surface area contributed by atoms with Crippen LogP contribution >= 0.6 is 0 Å². The maximum absolute atomic E-state index is 13.0. The predicted molar refractivity (Wildman–Crippen MR) is 86.4 cm³/mol. The van der Waals surface area contributed by atoms with Gasteiger partial charge in [0, 0.05) is 13.6 Å².